The third-order valence-corrected chi connectivity index (χ3v) is 3.34. The maximum atomic E-state index is 10.9. The van der Waals surface area contributed by atoms with Crippen molar-refractivity contribution in [2.24, 2.45) is 0 Å². The van der Waals surface area contributed by atoms with Crippen LogP contribution in [-0.4, -0.2) is 63.4 Å². The Morgan fingerprint density at radius 3 is 2.76 bits per heavy atom. The highest BCUT2D eigenvalue weighted by atomic mass is 16.6. The summed E-state index contributed by atoms with van der Waals surface area (Å²) in [6.45, 7) is 0.443. The van der Waals surface area contributed by atoms with E-state index >= 15 is 0 Å². The molecule has 0 unspecified atom stereocenters. The van der Waals surface area contributed by atoms with Gasteiger partial charge in [-0.25, -0.2) is 9.78 Å². The normalized spacial score (nSPS) is 18.6. The summed E-state index contributed by atoms with van der Waals surface area (Å²) >= 11 is 0. The van der Waals surface area contributed by atoms with Crippen LogP contribution in [0.2, 0.25) is 0 Å². The number of rotatable bonds is 3. The van der Waals surface area contributed by atoms with Crippen LogP contribution < -0.4 is 10.6 Å². The van der Waals surface area contributed by atoms with Crippen molar-refractivity contribution in [2.45, 2.75) is 6.04 Å². The molecule has 10 nitrogen and oxygen atoms in total. The molecule has 0 spiro atoms. The molecule has 1 amide bonds. The number of nitrogens with zero attached hydrogens (tertiary/aromatic N) is 4. The van der Waals surface area contributed by atoms with E-state index in [1.807, 2.05) is 0 Å². The lowest BCUT2D eigenvalue weighted by atomic mass is 10.1. The number of anilines is 2. The second-order valence-electron chi connectivity index (χ2n) is 4.59. The number of carboxylic acid groups (broad SMARTS) is 1. The van der Waals surface area contributed by atoms with E-state index < -0.39 is 17.1 Å². The lowest BCUT2D eigenvalue weighted by Gasteiger charge is -2.40. The average Bonchev–Trinajstić information content (AvgIpc) is 2.45. The van der Waals surface area contributed by atoms with Gasteiger partial charge in [0, 0.05) is 25.7 Å². The van der Waals surface area contributed by atoms with Crippen LogP contribution in [0.15, 0.2) is 12.1 Å². The smallest absolute Gasteiger partial charge is 0.407 e. The Labute approximate surface area is 119 Å². The van der Waals surface area contributed by atoms with Gasteiger partial charge in [-0.15, -0.1) is 0 Å². The number of nitrogen functional groups attached to an aromatic ring is 1. The van der Waals surface area contributed by atoms with E-state index in [0.29, 0.717) is 12.4 Å². The summed E-state index contributed by atoms with van der Waals surface area (Å²) in [6, 6.07) is 2.21. The van der Waals surface area contributed by atoms with E-state index in [1.54, 1.807) is 4.90 Å². The van der Waals surface area contributed by atoms with Gasteiger partial charge in [0.05, 0.1) is 17.6 Å². The quantitative estimate of drug-likeness (QED) is 0.510. The minimum atomic E-state index is -1.05. The van der Waals surface area contributed by atoms with Crippen molar-refractivity contribution in [2.75, 3.05) is 36.9 Å². The summed E-state index contributed by atoms with van der Waals surface area (Å²) in [7, 11) is 0. The van der Waals surface area contributed by atoms with Gasteiger partial charge in [0.15, 0.2) is 0 Å². The van der Waals surface area contributed by atoms with E-state index in [9.17, 15) is 20.0 Å². The van der Waals surface area contributed by atoms with Crippen molar-refractivity contribution < 1.29 is 19.9 Å². The van der Waals surface area contributed by atoms with Crippen molar-refractivity contribution in [3.63, 3.8) is 0 Å². The van der Waals surface area contributed by atoms with Crippen molar-refractivity contribution in [1.82, 2.24) is 9.88 Å². The second kappa shape index (κ2) is 5.79. The minimum Gasteiger partial charge on any atom is -0.465 e. The zero-order valence-corrected chi connectivity index (χ0v) is 11.0. The van der Waals surface area contributed by atoms with E-state index in [1.165, 1.54) is 17.0 Å². The summed E-state index contributed by atoms with van der Waals surface area (Å²) in [6.07, 6.45) is -1.05. The van der Waals surface area contributed by atoms with Gasteiger partial charge in [0.1, 0.15) is 5.82 Å². The van der Waals surface area contributed by atoms with E-state index in [0.717, 1.165) is 0 Å². The molecule has 114 valence electrons. The van der Waals surface area contributed by atoms with Gasteiger partial charge in [-0.1, -0.05) is 0 Å². The lowest BCUT2D eigenvalue weighted by Crippen LogP contribution is -2.56. The number of hydrogen-bond acceptors (Lipinski definition) is 7. The molecule has 10 heteroatoms. The van der Waals surface area contributed by atoms with Crippen molar-refractivity contribution in [3.05, 3.63) is 22.2 Å². The fourth-order valence-corrected chi connectivity index (χ4v) is 2.26. The molecule has 2 rings (SSSR count). The first kappa shape index (κ1) is 14.8. The summed E-state index contributed by atoms with van der Waals surface area (Å²) in [4.78, 5) is 27.9. The van der Waals surface area contributed by atoms with Gasteiger partial charge >= 0.3 is 11.8 Å². The molecule has 0 saturated carbocycles. The van der Waals surface area contributed by atoms with Gasteiger partial charge in [-0.3, -0.25) is 10.1 Å². The fraction of sp³-hybridized carbons (Fsp3) is 0.455. The number of pyridine rings is 1. The molecular formula is C11H15N5O5. The monoisotopic (exact) mass is 297 g/mol. The van der Waals surface area contributed by atoms with E-state index in [-0.39, 0.29) is 31.2 Å². The van der Waals surface area contributed by atoms with Gasteiger partial charge in [0.2, 0.25) is 5.82 Å². The zero-order valence-electron chi connectivity index (χ0n) is 11.0. The number of nitro groups is 1. The van der Waals surface area contributed by atoms with Crippen molar-refractivity contribution in [1.29, 1.82) is 0 Å². The molecule has 1 atom stereocenters. The molecule has 2 heterocycles. The highest BCUT2D eigenvalue weighted by Gasteiger charge is 2.30. The van der Waals surface area contributed by atoms with Crippen LogP contribution in [0.1, 0.15) is 0 Å². The third-order valence-electron chi connectivity index (χ3n) is 3.34. The summed E-state index contributed by atoms with van der Waals surface area (Å²) < 4.78 is 0. The number of aromatic nitrogens is 1. The predicted octanol–water partition coefficient (Wildman–Crippen LogP) is -0.267. The molecule has 1 aromatic heterocycles. The van der Waals surface area contributed by atoms with Crippen LogP contribution >= 0.6 is 0 Å². The Morgan fingerprint density at radius 2 is 2.24 bits per heavy atom. The fourth-order valence-electron chi connectivity index (χ4n) is 2.26. The lowest BCUT2D eigenvalue weighted by molar-refractivity contribution is -0.384. The number of carbonyl (C=O) groups is 1. The molecular weight excluding hydrogens is 282 g/mol. The molecule has 1 aliphatic heterocycles. The molecule has 0 radical (unpaired) electrons. The van der Waals surface area contributed by atoms with Gasteiger partial charge in [-0.2, -0.15) is 0 Å². The number of aliphatic hydroxyl groups is 1. The van der Waals surface area contributed by atoms with Crippen LogP contribution in [0.5, 0.6) is 0 Å². The molecule has 0 bridgehead atoms. The van der Waals surface area contributed by atoms with E-state index in [4.69, 9.17) is 10.8 Å². The first-order valence-corrected chi connectivity index (χ1v) is 6.20. The summed E-state index contributed by atoms with van der Waals surface area (Å²) in [5.41, 5.74) is 5.26. The molecule has 1 saturated heterocycles. The Morgan fingerprint density at radius 1 is 1.52 bits per heavy atom. The highest BCUT2D eigenvalue weighted by molar-refractivity contribution is 5.66. The number of hydrogen-bond donors (Lipinski definition) is 3. The van der Waals surface area contributed by atoms with Gasteiger partial charge < -0.3 is 25.7 Å². The number of amides is 1. The number of piperazine rings is 1. The van der Waals surface area contributed by atoms with Crippen LogP contribution in [0.3, 0.4) is 0 Å². The van der Waals surface area contributed by atoms with Crippen LogP contribution in [0.4, 0.5) is 22.1 Å². The maximum absolute atomic E-state index is 10.9. The average molecular weight is 297 g/mol. The van der Waals surface area contributed by atoms with E-state index in [2.05, 4.69) is 4.98 Å². The molecule has 1 aliphatic rings. The SMILES string of the molecule is Nc1nc(N2CCN(C(=O)O)C[C@H]2CO)ccc1[N+](=O)[O-]. The molecule has 1 aromatic rings. The highest BCUT2D eigenvalue weighted by Crippen LogP contribution is 2.25. The first-order chi connectivity index (χ1) is 9.93. The largest absolute Gasteiger partial charge is 0.465 e. The number of nitrogens with two attached hydrogens (primary N) is 1. The van der Waals surface area contributed by atoms with Crippen LogP contribution in [0.25, 0.3) is 0 Å². The molecule has 0 aliphatic carbocycles. The van der Waals surface area contributed by atoms with Gasteiger partial charge in [0.25, 0.3) is 0 Å². The van der Waals surface area contributed by atoms with Crippen molar-refractivity contribution in [3.8, 4) is 0 Å². The predicted molar refractivity (Wildman–Crippen MR) is 73.1 cm³/mol. The Bertz CT molecular complexity index is 566. The molecule has 21 heavy (non-hydrogen) atoms. The Hall–Kier alpha value is -2.62. The Balaban J connectivity index is 2.23. The standard InChI is InChI=1S/C11H15N5O5/c12-10-8(16(20)21)1-2-9(13-10)15-4-3-14(11(18)19)5-7(15)6-17/h1-2,7,17H,3-6H2,(H2,12,13)(H,18,19)/t7-/m0/s1. The van der Waals surface area contributed by atoms with Crippen LogP contribution in [0, 0.1) is 10.1 Å². The van der Waals surface area contributed by atoms with Gasteiger partial charge in [-0.05, 0) is 6.07 Å². The van der Waals surface area contributed by atoms with Crippen molar-refractivity contribution >= 4 is 23.4 Å². The Kier molecular flexibility index (Phi) is 4.08. The molecule has 0 aromatic carbocycles. The van der Waals surface area contributed by atoms with Crippen LogP contribution in [-0.2, 0) is 0 Å². The number of aliphatic hydroxyl groups excluding tert-OH is 1. The zero-order chi connectivity index (χ0) is 15.6. The first-order valence-electron chi connectivity index (χ1n) is 6.20. The topological polar surface area (TPSA) is 146 Å². The summed E-state index contributed by atoms with van der Waals surface area (Å²) in [5.74, 6) is 0.164. The molecule has 1 fully saturated rings. The summed E-state index contributed by atoms with van der Waals surface area (Å²) in [5, 5.41) is 29.1. The maximum Gasteiger partial charge on any atom is 0.407 e. The molecule has 4 N–H and O–H groups in total. The second-order valence-corrected chi connectivity index (χ2v) is 4.59. The minimum absolute atomic E-state index is 0.129. The third kappa shape index (κ3) is 2.94.